The molecule has 1 aliphatic heterocycles. The topological polar surface area (TPSA) is 63.7 Å². The number of cyclic esters (lactones) is 2. The van der Waals surface area contributed by atoms with Crippen LogP contribution in [0.25, 0.3) is 0 Å². The summed E-state index contributed by atoms with van der Waals surface area (Å²) in [5.74, 6) is -0.765. The number of carbonyl (C=O) groups excluding carboxylic acids is 3. The van der Waals surface area contributed by atoms with Crippen molar-refractivity contribution in [3.05, 3.63) is 0 Å². The van der Waals surface area contributed by atoms with Crippen LogP contribution in [0.3, 0.4) is 0 Å². The summed E-state index contributed by atoms with van der Waals surface area (Å²) in [6.45, 7) is -0.388. The van der Waals surface area contributed by atoms with Crippen molar-refractivity contribution in [1.29, 1.82) is 0 Å². The van der Waals surface area contributed by atoms with Crippen LogP contribution in [-0.2, 0) is 9.53 Å². The molecule has 2 amide bonds. The molecule has 5 nitrogen and oxygen atoms in total. The second kappa shape index (κ2) is 2.26. The third kappa shape index (κ3) is 1.08. The molecule has 1 heterocycles. The fourth-order valence-electron chi connectivity index (χ4n) is 0.512. The SMILES string of the molecule is O=C1CN(C(=O)Cl)C(=O)O1. The molecule has 1 fully saturated rings. The van der Waals surface area contributed by atoms with Crippen LogP contribution in [0.5, 0.6) is 0 Å². The molecule has 0 unspecified atom stereocenters. The van der Waals surface area contributed by atoms with E-state index in [1.165, 1.54) is 0 Å². The maximum Gasteiger partial charge on any atom is 0.425 e. The van der Waals surface area contributed by atoms with E-state index in [0.29, 0.717) is 4.90 Å². The second-order valence-electron chi connectivity index (χ2n) is 1.58. The first kappa shape index (κ1) is 7.01. The first-order valence-electron chi connectivity index (χ1n) is 2.33. The third-order valence-corrected chi connectivity index (χ3v) is 1.12. The maximum absolute atomic E-state index is 10.4. The lowest BCUT2D eigenvalue weighted by Gasteiger charge is -2.00. The Kier molecular flexibility index (Phi) is 1.58. The summed E-state index contributed by atoms with van der Waals surface area (Å²) in [6.07, 6.45) is -1.01. The van der Waals surface area contributed by atoms with Gasteiger partial charge in [-0.1, -0.05) is 0 Å². The minimum absolute atomic E-state index is 0.388. The highest BCUT2D eigenvalue weighted by atomic mass is 35.5. The van der Waals surface area contributed by atoms with Crippen molar-refractivity contribution in [1.82, 2.24) is 4.90 Å². The van der Waals surface area contributed by atoms with Crippen LogP contribution in [-0.4, -0.2) is 28.9 Å². The standard InChI is InChI=1S/C4H2ClNO4/c5-3(8)6-1-2(7)10-4(6)9/h1H2. The Bertz CT molecular complexity index is 213. The lowest BCUT2D eigenvalue weighted by atomic mass is 10.6. The van der Waals surface area contributed by atoms with Gasteiger partial charge in [-0.2, -0.15) is 0 Å². The molecule has 0 aromatic heterocycles. The summed E-state index contributed by atoms with van der Waals surface area (Å²) in [4.78, 5) is 31.4. The van der Waals surface area contributed by atoms with E-state index in [1.807, 2.05) is 0 Å². The molecule has 10 heavy (non-hydrogen) atoms. The molecule has 0 saturated carbocycles. The van der Waals surface area contributed by atoms with Gasteiger partial charge in [-0.25, -0.2) is 14.5 Å². The predicted molar refractivity (Wildman–Crippen MR) is 29.4 cm³/mol. The van der Waals surface area contributed by atoms with E-state index in [1.54, 1.807) is 0 Å². The summed E-state index contributed by atoms with van der Waals surface area (Å²) >= 11 is 4.88. The molecule has 0 atom stereocenters. The zero-order valence-corrected chi connectivity index (χ0v) is 5.42. The Morgan fingerprint density at radius 2 is 2.20 bits per heavy atom. The number of halogens is 1. The van der Waals surface area contributed by atoms with Crippen LogP contribution in [0.1, 0.15) is 0 Å². The van der Waals surface area contributed by atoms with Gasteiger partial charge in [0.1, 0.15) is 6.54 Å². The number of imide groups is 1. The Labute approximate surface area is 60.5 Å². The molecule has 0 spiro atoms. The third-order valence-electron chi connectivity index (χ3n) is 0.921. The van der Waals surface area contributed by atoms with Gasteiger partial charge in [0.25, 0.3) is 0 Å². The molecule has 1 saturated heterocycles. The van der Waals surface area contributed by atoms with Crippen molar-refractivity contribution in [3.63, 3.8) is 0 Å². The van der Waals surface area contributed by atoms with Gasteiger partial charge in [-0.3, -0.25) is 4.79 Å². The van der Waals surface area contributed by atoms with Crippen molar-refractivity contribution < 1.29 is 19.1 Å². The molecular formula is C4H2ClNO4. The average Bonchev–Trinajstić information content (AvgIpc) is 2.10. The van der Waals surface area contributed by atoms with E-state index in [0.717, 1.165) is 0 Å². The van der Waals surface area contributed by atoms with Gasteiger partial charge in [-0.05, 0) is 11.6 Å². The molecule has 1 rings (SSSR count). The van der Waals surface area contributed by atoms with Gasteiger partial charge in [0.15, 0.2) is 0 Å². The fourth-order valence-corrected chi connectivity index (χ4v) is 0.641. The zero-order valence-electron chi connectivity index (χ0n) is 4.67. The highest BCUT2D eigenvalue weighted by Crippen LogP contribution is 2.07. The molecule has 54 valence electrons. The summed E-state index contributed by atoms with van der Waals surface area (Å²) in [7, 11) is 0. The van der Waals surface area contributed by atoms with Gasteiger partial charge in [0.05, 0.1) is 0 Å². The molecule has 0 aromatic carbocycles. The van der Waals surface area contributed by atoms with E-state index in [-0.39, 0.29) is 6.54 Å². The van der Waals surface area contributed by atoms with E-state index >= 15 is 0 Å². The van der Waals surface area contributed by atoms with E-state index in [2.05, 4.69) is 4.74 Å². The first-order chi connectivity index (χ1) is 4.61. The summed E-state index contributed by atoms with van der Waals surface area (Å²) in [5, 5.41) is -1.00. The fraction of sp³-hybridized carbons (Fsp3) is 0.250. The van der Waals surface area contributed by atoms with Crippen molar-refractivity contribution in [2.75, 3.05) is 6.54 Å². The molecule has 0 N–H and O–H groups in total. The van der Waals surface area contributed by atoms with Crippen LogP contribution < -0.4 is 0 Å². The van der Waals surface area contributed by atoms with E-state index in [9.17, 15) is 14.4 Å². The quantitative estimate of drug-likeness (QED) is 0.223. The van der Waals surface area contributed by atoms with Crippen LogP contribution in [0.15, 0.2) is 0 Å². The Morgan fingerprint density at radius 3 is 2.40 bits per heavy atom. The molecule has 0 aliphatic carbocycles. The second-order valence-corrected chi connectivity index (χ2v) is 1.90. The summed E-state index contributed by atoms with van der Waals surface area (Å²) in [6, 6.07) is 0. The average molecular weight is 164 g/mol. The normalized spacial score (nSPS) is 17.5. The van der Waals surface area contributed by atoms with Gasteiger partial charge >= 0.3 is 17.4 Å². The smallest absolute Gasteiger partial charge is 0.374 e. The van der Waals surface area contributed by atoms with Crippen LogP contribution in [0.4, 0.5) is 9.59 Å². The Hall–Kier alpha value is -1.10. The lowest BCUT2D eigenvalue weighted by Crippen LogP contribution is -2.26. The monoisotopic (exact) mass is 163 g/mol. The van der Waals surface area contributed by atoms with Gasteiger partial charge in [-0.15, -0.1) is 0 Å². The number of nitrogens with zero attached hydrogens (tertiary/aromatic N) is 1. The molecule has 1 aliphatic rings. The van der Waals surface area contributed by atoms with Crippen molar-refractivity contribution in [3.8, 4) is 0 Å². The molecule has 6 heteroatoms. The Balaban J connectivity index is 2.72. The minimum Gasteiger partial charge on any atom is -0.374 e. The van der Waals surface area contributed by atoms with E-state index < -0.39 is 17.4 Å². The highest BCUT2D eigenvalue weighted by molar-refractivity contribution is 6.64. The van der Waals surface area contributed by atoms with Gasteiger partial charge in [0.2, 0.25) is 0 Å². The van der Waals surface area contributed by atoms with Crippen molar-refractivity contribution in [2.45, 2.75) is 0 Å². The minimum atomic E-state index is -1.01. The molecular weight excluding hydrogens is 162 g/mol. The summed E-state index contributed by atoms with van der Waals surface area (Å²) in [5.41, 5.74) is 0. The lowest BCUT2D eigenvalue weighted by molar-refractivity contribution is -0.132. The number of hydrogen-bond donors (Lipinski definition) is 0. The number of amides is 2. The van der Waals surface area contributed by atoms with E-state index in [4.69, 9.17) is 11.6 Å². The highest BCUT2D eigenvalue weighted by Gasteiger charge is 2.33. The number of esters is 1. The number of hydrogen-bond acceptors (Lipinski definition) is 4. The molecule has 0 aromatic rings. The molecule has 0 radical (unpaired) electrons. The summed E-state index contributed by atoms with van der Waals surface area (Å²) < 4.78 is 3.98. The number of rotatable bonds is 0. The van der Waals surface area contributed by atoms with Crippen LogP contribution in [0, 0.1) is 0 Å². The zero-order chi connectivity index (χ0) is 7.72. The number of ether oxygens (including phenoxy) is 1. The predicted octanol–water partition coefficient (Wildman–Crippen LogP) is 0.324. The van der Waals surface area contributed by atoms with Crippen LogP contribution in [0.2, 0.25) is 0 Å². The van der Waals surface area contributed by atoms with Crippen molar-refractivity contribution in [2.24, 2.45) is 0 Å². The van der Waals surface area contributed by atoms with Crippen molar-refractivity contribution >= 4 is 29.0 Å². The molecule has 0 bridgehead atoms. The Morgan fingerprint density at radius 1 is 1.60 bits per heavy atom. The number of carbonyl (C=O) groups is 3. The maximum atomic E-state index is 10.4. The van der Waals surface area contributed by atoms with Crippen LogP contribution >= 0.6 is 11.6 Å². The van der Waals surface area contributed by atoms with Gasteiger partial charge in [0, 0.05) is 0 Å². The van der Waals surface area contributed by atoms with Gasteiger partial charge < -0.3 is 4.74 Å². The largest absolute Gasteiger partial charge is 0.425 e. The first-order valence-corrected chi connectivity index (χ1v) is 2.70.